The molecular weight excluding hydrogens is 1010 g/mol. The van der Waals surface area contributed by atoms with Crippen molar-refractivity contribution in [1.29, 1.82) is 5.26 Å². The van der Waals surface area contributed by atoms with E-state index in [4.69, 9.17) is 14.7 Å². The molecule has 1 N–H and O–H groups in total. The number of halogens is 26. The Morgan fingerprint density at radius 3 is 1.27 bits per heavy atom. The average molecular weight is 1030 g/mol. The van der Waals surface area contributed by atoms with Gasteiger partial charge in [-0.05, 0) is 62.1 Å². The lowest BCUT2D eigenvalue weighted by molar-refractivity contribution is -0.440. The molecule has 2 aromatic carbocycles. The molecule has 0 saturated carbocycles. The van der Waals surface area contributed by atoms with Crippen molar-refractivity contribution in [3.05, 3.63) is 53.1 Å². The fourth-order valence-electron chi connectivity index (χ4n) is 5.09. The number of hydrogen-bond donors (Lipinski definition) is 1. The second-order valence-corrected chi connectivity index (χ2v) is 13.8. The normalized spacial score (nSPS) is 14.4. The molecule has 67 heavy (non-hydrogen) atoms. The highest BCUT2D eigenvalue weighted by atomic mass is 19.4. The van der Waals surface area contributed by atoms with Crippen LogP contribution in [-0.4, -0.2) is 97.0 Å². The fraction of sp³-hybridized carbons (Fsp3) is 0.571. The van der Waals surface area contributed by atoms with E-state index in [1.807, 2.05) is 0 Å². The van der Waals surface area contributed by atoms with Crippen LogP contribution in [0.5, 0.6) is 11.5 Å². The SMILES string of the molecule is N#Cc1ccc(C=O)c(NC(=O)c2ccc(OCCCCC(F)(F)C(F)(F)C(F)(F)C(F)(F)C(F)(F)C(F)(F)F)c(OCCCCC(F)(F)C(F)(F)C(F)(F)C(F)(F)C(F)(F)C(F)(F)F)c2)c1. The number of benzene rings is 2. The Bertz CT molecular complexity index is 2110. The summed E-state index contributed by atoms with van der Waals surface area (Å²) in [5.41, 5.74) is -1.29. The van der Waals surface area contributed by atoms with Crippen LogP contribution < -0.4 is 14.8 Å². The van der Waals surface area contributed by atoms with Crippen LogP contribution in [0.3, 0.4) is 0 Å². The van der Waals surface area contributed by atoms with E-state index in [0.29, 0.717) is 12.1 Å². The van der Waals surface area contributed by atoms with Crippen molar-refractivity contribution in [3.63, 3.8) is 0 Å². The highest BCUT2D eigenvalue weighted by Gasteiger charge is 2.92. The summed E-state index contributed by atoms with van der Waals surface area (Å²) in [6, 6.07) is 6.88. The molecule has 0 radical (unpaired) electrons. The van der Waals surface area contributed by atoms with Crippen LogP contribution in [0.25, 0.3) is 0 Å². The Morgan fingerprint density at radius 1 is 0.507 bits per heavy atom. The van der Waals surface area contributed by atoms with Crippen molar-refractivity contribution in [2.75, 3.05) is 18.5 Å². The summed E-state index contributed by atoms with van der Waals surface area (Å²) in [7, 11) is 0. The Labute approximate surface area is 356 Å². The Hall–Kier alpha value is -5.15. The maximum Gasteiger partial charge on any atom is 0.460 e. The molecule has 0 saturated heterocycles. The molecule has 0 spiro atoms. The van der Waals surface area contributed by atoms with Crippen molar-refractivity contribution in [2.24, 2.45) is 0 Å². The predicted octanol–water partition coefficient (Wildman–Crippen LogP) is 13.2. The van der Waals surface area contributed by atoms with Crippen molar-refractivity contribution in [3.8, 4) is 17.6 Å². The van der Waals surface area contributed by atoms with Gasteiger partial charge in [0.05, 0.1) is 30.5 Å². The third-order valence-corrected chi connectivity index (χ3v) is 9.05. The van der Waals surface area contributed by atoms with Gasteiger partial charge in [-0.3, -0.25) is 9.59 Å². The standard InChI is InChI=1S/C35H24F26N2O4/c36-24(37,26(40,41)28(44,45)30(48,49)32(52,53)34(56,57)58)9-1-3-11-66-21-8-7-18(23(65)63-20-13-17(15-62)5-6-19(20)16-64)14-22(21)67-12-4-2-10-25(38,39)27(42,43)29(46,47)31(50,51)33(54,55)35(59,60)61/h5-8,13-14,16H,1-4,9-12H2,(H,63,65). The van der Waals surface area contributed by atoms with E-state index in [1.54, 1.807) is 6.07 Å². The van der Waals surface area contributed by atoms with Gasteiger partial charge in [0, 0.05) is 24.0 Å². The minimum Gasteiger partial charge on any atom is -0.490 e. The Morgan fingerprint density at radius 2 is 0.896 bits per heavy atom. The van der Waals surface area contributed by atoms with Gasteiger partial charge in [0.2, 0.25) is 0 Å². The van der Waals surface area contributed by atoms with Gasteiger partial charge in [0.1, 0.15) is 0 Å². The van der Waals surface area contributed by atoms with Gasteiger partial charge in [-0.1, -0.05) is 0 Å². The summed E-state index contributed by atoms with van der Waals surface area (Å²) in [6.45, 7) is -2.24. The van der Waals surface area contributed by atoms with E-state index in [0.717, 1.165) is 24.3 Å². The number of nitriles is 1. The molecule has 0 aromatic heterocycles. The van der Waals surface area contributed by atoms with E-state index in [2.05, 4.69) is 5.32 Å². The van der Waals surface area contributed by atoms with Gasteiger partial charge >= 0.3 is 71.6 Å². The molecule has 2 aromatic rings. The Balaban J connectivity index is 2.33. The van der Waals surface area contributed by atoms with Crippen molar-refractivity contribution in [2.45, 2.75) is 110 Å². The van der Waals surface area contributed by atoms with E-state index in [-0.39, 0.29) is 23.1 Å². The number of rotatable bonds is 23. The number of unbranched alkanes of at least 4 members (excludes halogenated alkanes) is 2. The van der Waals surface area contributed by atoms with E-state index in [9.17, 15) is 124 Å². The summed E-state index contributed by atoms with van der Waals surface area (Å²) < 4.78 is 359. The number of anilines is 1. The molecule has 0 aliphatic heterocycles. The first-order valence-electron chi connectivity index (χ1n) is 17.5. The summed E-state index contributed by atoms with van der Waals surface area (Å²) in [6.07, 6.45) is -25.7. The van der Waals surface area contributed by atoms with Gasteiger partial charge in [-0.2, -0.15) is 119 Å². The zero-order valence-corrected chi connectivity index (χ0v) is 32.1. The molecule has 0 heterocycles. The van der Waals surface area contributed by atoms with Crippen LogP contribution in [0.2, 0.25) is 0 Å². The third kappa shape index (κ3) is 10.6. The van der Waals surface area contributed by atoms with Gasteiger partial charge in [-0.25, -0.2) is 0 Å². The number of nitrogens with one attached hydrogen (secondary N) is 1. The minimum absolute atomic E-state index is 0.134. The molecule has 380 valence electrons. The Kier molecular flexibility index (Phi) is 16.5. The van der Waals surface area contributed by atoms with Crippen LogP contribution in [0, 0.1) is 11.3 Å². The number of carbonyl (C=O) groups is 2. The largest absolute Gasteiger partial charge is 0.490 e. The van der Waals surface area contributed by atoms with Gasteiger partial charge < -0.3 is 14.8 Å². The van der Waals surface area contributed by atoms with Crippen molar-refractivity contribution in [1.82, 2.24) is 0 Å². The lowest BCUT2D eigenvalue weighted by Crippen LogP contribution is -2.70. The van der Waals surface area contributed by atoms with Crippen LogP contribution in [0.4, 0.5) is 120 Å². The second kappa shape index (κ2) is 19.1. The number of ether oxygens (including phenoxy) is 2. The van der Waals surface area contributed by atoms with Crippen molar-refractivity contribution < 1.29 is 133 Å². The zero-order chi connectivity index (χ0) is 52.5. The van der Waals surface area contributed by atoms with Crippen LogP contribution in [0.15, 0.2) is 36.4 Å². The van der Waals surface area contributed by atoms with Gasteiger partial charge in [0.15, 0.2) is 17.8 Å². The summed E-state index contributed by atoms with van der Waals surface area (Å²) in [5.74, 6) is -79.4. The quantitative estimate of drug-likeness (QED) is 0.0681. The average Bonchev–Trinajstić information content (AvgIpc) is 3.19. The molecular formula is C35H24F26N2O4. The molecule has 0 atom stereocenters. The van der Waals surface area contributed by atoms with E-state index in [1.165, 1.54) is 0 Å². The smallest absolute Gasteiger partial charge is 0.460 e. The summed E-state index contributed by atoms with van der Waals surface area (Å²) in [5, 5.41) is 11.2. The lowest BCUT2D eigenvalue weighted by atomic mass is 9.92. The van der Waals surface area contributed by atoms with Gasteiger partial charge in [0.25, 0.3) is 5.91 Å². The first-order valence-corrected chi connectivity index (χ1v) is 17.5. The molecule has 32 heteroatoms. The number of amides is 1. The van der Waals surface area contributed by atoms with E-state index < -0.39 is 146 Å². The second-order valence-electron chi connectivity index (χ2n) is 13.8. The van der Waals surface area contributed by atoms with E-state index >= 15 is 0 Å². The van der Waals surface area contributed by atoms with Crippen molar-refractivity contribution >= 4 is 17.9 Å². The number of hydrogen-bond acceptors (Lipinski definition) is 5. The predicted molar refractivity (Wildman–Crippen MR) is 171 cm³/mol. The maximum absolute atomic E-state index is 14.2. The highest BCUT2D eigenvalue weighted by molar-refractivity contribution is 6.06. The fourth-order valence-corrected chi connectivity index (χ4v) is 5.09. The molecule has 6 nitrogen and oxygen atoms in total. The molecule has 2 rings (SSSR count). The summed E-state index contributed by atoms with van der Waals surface area (Å²) in [4.78, 5) is 24.4. The lowest BCUT2D eigenvalue weighted by Gasteiger charge is -2.39. The first kappa shape index (κ1) is 58.0. The summed E-state index contributed by atoms with van der Waals surface area (Å²) >= 11 is 0. The number of carbonyl (C=O) groups excluding carboxylic acids is 2. The molecule has 0 bridgehead atoms. The van der Waals surface area contributed by atoms with Gasteiger partial charge in [-0.15, -0.1) is 0 Å². The van der Waals surface area contributed by atoms with Crippen LogP contribution in [-0.2, 0) is 0 Å². The monoisotopic (exact) mass is 1030 g/mol. The zero-order valence-electron chi connectivity index (χ0n) is 32.1. The minimum atomic E-state index is -8.17. The first-order chi connectivity index (χ1) is 29.9. The maximum atomic E-state index is 14.2. The third-order valence-electron chi connectivity index (χ3n) is 9.05. The number of nitrogens with zero attached hydrogens (tertiary/aromatic N) is 1. The number of alkyl halides is 26. The molecule has 0 fully saturated rings. The molecule has 1 amide bonds. The topological polar surface area (TPSA) is 88.4 Å². The highest BCUT2D eigenvalue weighted by Crippen LogP contribution is 2.62. The molecule has 0 unspecified atom stereocenters. The molecule has 0 aliphatic carbocycles. The molecule has 0 aliphatic rings. The van der Waals surface area contributed by atoms with Crippen LogP contribution >= 0.6 is 0 Å². The van der Waals surface area contributed by atoms with Crippen LogP contribution in [0.1, 0.15) is 64.8 Å². The number of aldehydes is 1.